The molecule has 0 radical (unpaired) electrons. The fraction of sp³-hybridized carbons (Fsp3) is 0.800. The molecule has 0 bridgehead atoms. The summed E-state index contributed by atoms with van der Waals surface area (Å²) in [4.78, 5) is 43.1. The van der Waals surface area contributed by atoms with Gasteiger partial charge in [-0.05, 0) is 19.8 Å². The van der Waals surface area contributed by atoms with Gasteiger partial charge in [-0.2, -0.15) is 0 Å². The molecule has 0 aromatic rings. The number of carbonyl (C=O) groups is 2. The van der Waals surface area contributed by atoms with Gasteiger partial charge in [0.15, 0.2) is 5.78 Å². The molecule has 0 aliphatic rings. The van der Waals surface area contributed by atoms with Crippen LogP contribution in [0.2, 0.25) is 0 Å². The van der Waals surface area contributed by atoms with E-state index in [4.69, 9.17) is 15.5 Å². The van der Waals surface area contributed by atoms with E-state index in [1.165, 1.54) is 6.92 Å². The minimum absolute atomic E-state index is 0.0761. The number of hydrogen-bond acceptors (Lipinski definition) is 6. The van der Waals surface area contributed by atoms with E-state index in [1.807, 2.05) is 0 Å². The largest absolute Gasteiger partial charge is 0.496 e. The smallest absolute Gasteiger partial charge is 0.354 e. The Bertz CT molecular complexity index is 358. The third kappa shape index (κ3) is 11.0. The molecule has 0 aliphatic carbocycles. The molecule has 0 spiro atoms. The summed E-state index contributed by atoms with van der Waals surface area (Å²) < 4.78 is 14.0. The second kappa shape index (κ2) is 9.98. The first-order valence-electron chi connectivity index (χ1n) is 6.14. The van der Waals surface area contributed by atoms with Crippen molar-refractivity contribution >= 4 is 19.5 Å². The van der Waals surface area contributed by atoms with Gasteiger partial charge in [-0.15, -0.1) is 4.67 Å². The number of amides is 1. The molecular formula is C10H21N2O7P. The van der Waals surface area contributed by atoms with Crippen molar-refractivity contribution in [1.82, 2.24) is 5.32 Å². The molecule has 0 rings (SSSR count). The van der Waals surface area contributed by atoms with E-state index in [0.717, 1.165) is 12.8 Å². The van der Waals surface area contributed by atoms with Crippen LogP contribution >= 0.6 is 7.82 Å². The quantitative estimate of drug-likeness (QED) is 0.133. The highest BCUT2D eigenvalue weighted by Crippen LogP contribution is 2.35. The summed E-state index contributed by atoms with van der Waals surface area (Å²) in [5.74, 6) is -0.874. The van der Waals surface area contributed by atoms with Crippen molar-refractivity contribution in [3.63, 3.8) is 0 Å². The number of ketones is 1. The molecule has 5 N–H and O–H groups in total. The van der Waals surface area contributed by atoms with Crippen molar-refractivity contribution in [2.24, 2.45) is 5.73 Å². The maximum atomic E-state index is 11.3. The van der Waals surface area contributed by atoms with E-state index in [2.05, 4.69) is 14.9 Å². The number of nitrogens with two attached hydrogens (primary N) is 1. The van der Waals surface area contributed by atoms with Crippen LogP contribution < -0.4 is 11.1 Å². The van der Waals surface area contributed by atoms with Crippen molar-refractivity contribution in [2.75, 3.05) is 13.2 Å². The lowest BCUT2D eigenvalue weighted by molar-refractivity contribution is -0.222. The molecule has 1 unspecified atom stereocenters. The second-order valence-corrected chi connectivity index (χ2v) is 5.31. The average molecular weight is 312 g/mol. The van der Waals surface area contributed by atoms with Crippen molar-refractivity contribution in [3.8, 4) is 0 Å². The van der Waals surface area contributed by atoms with Gasteiger partial charge in [-0.25, -0.2) is 9.45 Å². The van der Waals surface area contributed by atoms with Gasteiger partial charge in [0.2, 0.25) is 5.91 Å². The van der Waals surface area contributed by atoms with Crippen molar-refractivity contribution in [2.45, 2.75) is 38.6 Å². The first kappa shape index (κ1) is 19.2. The van der Waals surface area contributed by atoms with Crippen molar-refractivity contribution < 1.29 is 33.5 Å². The van der Waals surface area contributed by atoms with E-state index in [0.29, 0.717) is 19.4 Å². The number of Topliss-reactive ketones (excluding diaryl/α,β-unsaturated/α-hetero) is 1. The van der Waals surface area contributed by atoms with Gasteiger partial charge >= 0.3 is 7.82 Å². The zero-order chi connectivity index (χ0) is 15.6. The predicted octanol–water partition coefficient (Wildman–Crippen LogP) is -0.380. The molecule has 9 nitrogen and oxygen atoms in total. The Labute approximate surface area is 117 Å². The van der Waals surface area contributed by atoms with Crippen LogP contribution in [0.4, 0.5) is 0 Å². The molecule has 1 amide bonds. The van der Waals surface area contributed by atoms with Crippen LogP contribution in [0.3, 0.4) is 0 Å². The molecule has 20 heavy (non-hydrogen) atoms. The van der Waals surface area contributed by atoms with Gasteiger partial charge in [-0.3, -0.25) is 9.59 Å². The van der Waals surface area contributed by atoms with E-state index in [-0.39, 0.29) is 12.4 Å². The fourth-order valence-electron chi connectivity index (χ4n) is 1.25. The van der Waals surface area contributed by atoms with Crippen LogP contribution in [0.5, 0.6) is 0 Å². The monoisotopic (exact) mass is 312 g/mol. The molecule has 0 aromatic heterocycles. The maximum absolute atomic E-state index is 11.3. The average Bonchev–Trinajstić information content (AvgIpc) is 2.34. The van der Waals surface area contributed by atoms with Gasteiger partial charge in [0.1, 0.15) is 6.04 Å². The highest BCUT2D eigenvalue weighted by molar-refractivity contribution is 7.46. The standard InChI is InChI=1S/C10H21N2O7P/c1-8(13)9(11)10(14)12-6-4-2-3-5-7-18-19-20(15,16)17/h9H,2-7,11H2,1H3,(H,12,14)(H2,15,16,17). The van der Waals surface area contributed by atoms with Crippen molar-refractivity contribution in [1.29, 1.82) is 0 Å². The van der Waals surface area contributed by atoms with E-state index < -0.39 is 19.8 Å². The number of phosphoric acid groups is 1. The van der Waals surface area contributed by atoms with Crippen LogP contribution in [0.15, 0.2) is 0 Å². The van der Waals surface area contributed by atoms with Crippen LogP contribution in [-0.2, 0) is 23.7 Å². The Morgan fingerprint density at radius 3 is 2.40 bits per heavy atom. The number of unbranched alkanes of at least 4 members (excludes halogenated alkanes) is 3. The van der Waals surface area contributed by atoms with Crippen LogP contribution in [0, 0.1) is 0 Å². The van der Waals surface area contributed by atoms with Gasteiger partial charge in [0.25, 0.3) is 0 Å². The highest BCUT2D eigenvalue weighted by Gasteiger charge is 2.17. The van der Waals surface area contributed by atoms with Gasteiger partial charge < -0.3 is 20.8 Å². The van der Waals surface area contributed by atoms with E-state index >= 15 is 0 Å². The normalized spacial score (nSPS) is 13.0. The van der Waals surface area contributed by atoms with Gasteiger partial charge in [0.05, 0.1) is 6.61 Å². The molecule has 10 heteroatoms. The molecule has 0 fully saturated rings. The molecule has 0 saturated carbocycles. The fourth-order valence-corrected chi connectivity index (χ4v) is 1.46. The number of nitrogens with one attached hydrogen (secondary N) is 1. The summed E-state index contributed by atoms with van der Waals surface area (Å²) in [6.45, 7) is 1.75. The van der Waals surface area contributed by atoms with Gasteiger partial charge in [-0.1, -0.05) is 12.8 Å². The number of hydrogen-bond donors (Lipinski definition) is 4. The van der Waals surface area contributed by atoms with Crippen LogP contribution in [0.1, 0.15) is 32.6 Å². The molecule has 1 atom stereocenters. The van der Waals surface area contributed by atoms with Crippen molar-refractivity contribution in [3.05, 3.63) is 0 Å². The SMILES string of the molecule is CC(=O)C(N)C(=O)NCCCCCCOOP(=O)(O)O. The highest BCUT2D eigenvalue weighted by atomic mass is 31.2. The summed E-state index contributed by atoms with van der Waals surface area (Å²) in [5, 5.41) is 2.54. The Hall–Kier alpha value is -0.830. The summed E-state index contributed by atoms with van der Waals surface area (Å²) in [5.41, 5.74) is 5.34. The van der Waals surface area contributed by atoms with Crippen LogP contribution in [0.25, 0.3) is 0 Å². The lowest BCUT2D eigenvalue weighted by Crippen LogP contribution is -2.45. The third-order valence-electron chi connectivity index (χ3n) is 2.32. The zero-order valence-electron chi connectivity index (χ0n) is 11.3. The lowest BCUT2D eigenvalue weighted by atomic mass is 10.2. The Kier molecular flexibility index (Phi) is 9.56. The number of carbonyl (C=O) groups excluding carboxylic acids is 2. The third-order valence-corrected chi connectivity index (χ3v) is 2.62. The first-order chi connectivity index (χ1) is 9.24. The number of rotatable bonds is 11. The minimum atomic E-state index is -4.57. The summed E-state index contributed by atoms with van der Waals surface area (Å²) in [6, 6.07) is -1.12. The zero-order valence-corrected chi connectivity index (χ0v) is 12.2. The first-order valence-corrected chi connectivity index (χ1v) is 7.67. The predicted molar refractivity (Wildman–Crippen MR) is 69.2 cm³/mol. The maximum Gasteiger partial charge on any atom is 0.496 e. The Morgan fingerprint density at radius 1 is 1.25 bits per heavy atom. The van der Waals surface area contributed by atoms with Gasteiger partial charge in [0, 0.05) is 6.54 Å². The van der Waals surface area contributed by atoms with Crippen LogP contribution in [-0.4, -0.2) is 40.7 Å². The second-order valence-electron chi connectivity index (χ2n) is 4.18. The molecule has 0 heterocycles. The molecule has 0 aliphatic heterocycles. The van der Waals surface area contributed by atoms with E-state index in [9.17, 15) is 14.2 Å². The summed E-state index contributed by atoms with van der Waals surface area (Å²) >= 11 is 0. The minimum Gasteiger partial charge on any atom is -0.354 e. The summed E-state index contributed by atoms with van der Waals surface area (Å²) in [7, 11) is -4.57. The Morgan fingerprint density at radius 2 is 1.85 bits per heavy atom. The molecule has 0 aromatic carbocycles. The topological polar surface area (TPSA) is 148 Å². The Balaban J connectivity index is 3.39. The molecule has 118 valence electrons. The lowest BCUT2D eigenvalue weighted by Gasteiger charge is -2.09. The molecule has 0 saturated heterocycles. The summed E-state index contributed by atoms with van der Waals surface area (Å²) in [6.07, 6.45) is 2.81. The molecular weight excluding hydrogens is 291 g/mol. The van der Waals surface area contributed by atoms with E-state index in [1.54, 1.807) is 0 Å².